The van der Waals surface area contributed by atoms with Crippen LogP contribution in [0.15, 0.2) is 16.9 Å². The van der Waals surface area contributed by atoms with E-state index in [-0.39, 0.29) is 24.3 Å². The first-order valence-electron chi connectivity index (χ1n) is 8.11. The molecule has 1 aromatic rings. The van der Waals surface area contributed by atoms with Gasteiger partial charge in [-0.25, -0.2) is 0 Å². The summed E-state index contributed by atoms with van der Waals surface area (Å²) in [5.41, 5.74) is 0. The first-order valence-corrected chi connectivity index (χ1v) is 8.11. The number of aromatic nitrogens is 1. The third-order valence-electron chi connectivity index (χ3n) is 3.59. The van der Waals surface area contributed by atoms with Crippen LogP contribution in [0.1, 0.15) is 52.9 Å². The fourth-order valence-corrected chi connectivity index (χ4v) is 2.38. The summed E-state index contributed by atoms with van der Waals surface area (Å²) in [6.45, 7) is 6.79. The average Bonchev–Trinajstić information content (AvgIpc) is 3.00. The molecule has 0 bridgehead atoms. The van der Waals surface area contributed by atoms with Crippen LogP contribution in [-0.4, -0.2) is 35.0 Å². The molecule has 1 N–H and O–H groups in total. The molecule has 1 heterocycles. The highest BCUT2D eigenvalue weighted by Gasteiger charge is 2.23. The summed E-state index contributed by atoms with van der Waals surface area (Å²) in [5, 5.41) is 6.26. The quantitative estimate of drug-likeness (QED) is 0.720. The molecule has 1 unspecified atom stereocenters. The standard InChI is InChI=1S/C16H27N3O3/c1-4-7-8-13(6-3)16(21)19(10-5-2)12-15(20)17-14-9-11-22-18-14/h9,11,13H,4-8,10,12H2,1-3H3,(H,17,18,20). The topological polar surface area (TPSA) is 75.4 Å². The molecule has 0 aliphatic rings. The third-order valence-corrected chi connectivity index (χ3v) is 3.59. The van der Waals surface area contributed by atoms with Crippen molar-refractivity contribution in [3.8, 4) is 0 Å². The number of anilines is 1. The normalized spacial score (nSPS) is 12.0. The van der Waals surface area contributed by atoms with Crippen LogP contribution in [0.5, 0.6) is 0 Å². The second-order valence-corrected chi connectivity index (χ2v) is 5.44. The molecule has 0 saturated heterocycles. The van der Waals surface area contributed by atoms with Crippen LogP contribution in [0.4, 0.5) is 5.82 Å². The summed E-state index contributed by atoms with van der Waals surface area (Å²) < 4.78 is 4.67. The molecule has 1 atom stereocenters. The molecule has 6 nitrogen and oxygen atoms in total. The summed E-state index contributed by atoms with van der Waals surface area (Å²) in [6.07, 6.45) is 6.02. The van der Waals surface area contributed by atoms with Crippen molar-refractivity contribution in [3.63, 3.8) is 0 Å². The highest BCUT2D eigenvalue weighted by molar-refractivity contribution is 5.94. The second kappa shape index (κ2) is 9.97. The van der Waals surface area contributed by atoms with Gasteiger partial charge in [-0.2, -0.15) is 0 Å². The fraction of sp³-hybridized carbons (Fsp3) is 0.688. The maximum Gasteiger partial charge on any atom is 0.245 e. The van der Waals surface area contributed by atoms with E-state index in [4.69, 9.17) is 0 Å². The van der Waals surface area contributed by atoms with Gasteiger partial charge in [0.15, 0.2) is 5.82 Å². The second-order valence-electron chi connectivity index (χ2n) is 5.44. The van der Waals surface area contributed by atoms with Gasteiger partial charge in [-0.1, -0.05) is 38.8 Å². The Kier molecular flexibility index (Phi) is 8.25. The Morgan fingerprint density at radius 2 is 2.09 bits per heavy atom. The van der Waals surface area contributed by atoms with Crippen LogP contribution >= 0.6 is 0 Å². The molecule has 0 spiro atoms. The lowest BCUT2D eigenvalue weighted by atomic mass is 9.97. The minimum Gasteiger partial charge on any atom is -0.363 e. The summed E-state index contributed by atoms with van der Waals surface area (Å²) in [7, 11) is 0. The van der Waals surface area contributed by atoms with Crippen LogP contribution < -0.4 is 5.32 Å². The average molecular weight is 309 g/mol. The smallest absolute Gasteiger partial charge is 0.245 e. The van der Waals surface area contributed by atoms with E-state index >= 15 is 0 Å². The lowest BCUT2D eigenvalue weighted by Crippen LogP contribution is -2.41. The molecule has 1 aromatic heterocycles. The minimum atomic E-state index is -0.249. The number of unbranched alkanes of at least 4 members (excludes halogenated alkanes) is 1. The molecule has 6 heteroatoms. The number of carbonyl (C=O) groups excluding carboxylic acids is 2. The molecular formula is C16H27N3O3. The Morgan fingerprint density at radius 1 is 1.32 bits per heavy atom. The summed E-state index contributed by atoms with van der Waals surface area (Å²) in [5.74, 6) is 0.201. The van der Waals surface area contributed by atoms with Crippen molar-refractivity contribution in [1.82, 2.24) is 10.1 Å². The van der Waals surface area contributed by atoms with Crippen LogP contribution in [-0.2, 0) is 9.59 Å². The van der Waals surface area contributed by atoms with Crippen molar-refractivity contribution in [3.05, 3.63) is 12.3 Å². The van der Waals surface area contributed by atoms with E-state index in [0.29, 0.717) is 12.4 Å². The molecular weight excluding hydrogens is 282 g/mol. The fourth-order valence-electron chi connectivity index (χ4n) is 2.38. The molecule has 22 heavy (non-hydrogen) atoms. The Labute approximate surface area is 132 Å². The van der Waals surface area contributed by atoms with Gasteiger partial charge in [0.05, 0.1) is 6.54 Å². The van der Waals surface area contributed by atoms with E-state index in [1.54, 1.807) is 11.0 Å². The number of hydrogen-bond acceptors (Lipinski definition) is 4. The molecule has 0 saturated carbocycles. The van der Waals surface area contributed by atoms with Gasteiger partial charge in [-0.3, -0.25) is 9.59 Å². The number of amides is 2. The molecule has 2 amide bonds. The number of nitrogens with one attached hydrogen (secondary N) is 1. The van der Waals surface area contributed by atoms with Crippen molar-refractivity contribution < 1.29 is 14.1 Å². The lowest BCUT2D eigenvalue weighted by molar-refractivity contribution is -0.138. The predicted molar refractivity (Wildman–Crippen MR) is 85.3 cm³/mol. The van der Waals surface area contributed by atoms with E-state index in [1.165, 1.54) is 6.26 Å². The zero-order valence-electron chi connectivity index (χ0n) is 13.8. The molecule has 124 valence electrons. The van der Waals surface area contributed by atoms with Crippen molar-refractivity contribution >= 4 is 17.6 Å². The Hall–Kier alpha value is -1.85. The van der Waals surface area contributed by atoms with Gasteiger partial charge >= 0.3 is 0 Å². The monoisotopic (exact) mass is 309 g/mol. The predicted octanol–water partition coefficient (Wildman–Crippen LogP) is 3.07. The number of hydrogen-bond donors (Lipinski definition) is 1. The van der Waals surface area contributed by atoms with E-state index in [9.17, 15) is 9.59 Å². The highest BCUT2D eigenvalue weighted by Crippen LogP contribution is 2.16. The van der Waals surface area contributed by atoms with E-state index in [0.717, 1.165) is 32.1 Å². The third kappa shape index (κ3) is 5.87. The van der Waals surface area contributed by atoms with Gasteiger partial charge in [-0.15, -0.1) is 0 Å². The Morgan fingerprint density at radius 3 is 2.64 bits per heavy atom. The molecule has 0 fully saturated rings. The van der Waals surface area contributed by atoms with Gasteiger partial charge in [0.2, 0.25) is 11.8 Å². The van der Waals surface area contributed by atoms with Crippen LogP contribution in [0.25, 0.3) is 0 Å². The number of carbonyl (C=O) groups is 2. The Balaban J connectivity index is 2.62. The molecule has 0 aliphatic heterocycles. The van der Waals surface area contributed by atoms with Crippen molar-refractivity contribution in [2.24, 2.45) is 5.92 Å². The highest BCUT2D eigenvalue weighted by atomic mass is 16.5. The van der Waals surface area contributed by atoms with Gasteiger partial charge in [-0.05, 0) is 19.3 Å². The Bertz CT molecular complexity index is 445. The lowest BCUT2D eigenvalue weighted by Gasteiger charge is -2.26. The van der Waals surface area contributed by atoms with Gasteiger partial charge in [0.25, 0.3) is 0 Å². The van der Waals surface area contributed by atoms with Gasteiger partial charge < -0.3 is 14.7 Å². The van der Waals surface area contributed by atoms with Crippen molar-refractivity contribution in [2.45, 2.75) is 52.9 Å². The molecule has 0 aliphatic carbocycles. The van der Waals surface area contributed by atoms with Crippen molar-refractivity contribution in [1.29, 1.82) is 0 Å². The first kappa shape index (κ1) is 18.2. The SMILES string of the molecule is CCCCC(CC)C(=O)N(CCC)CC(=O)Nc1ccon1. The first-order chi connectivity index (χ1) is 10.6. The van der Waals surface area contributed by atoms with E-state index in [1.807, 2.05) is 13.8 Å². The molecule has 1 rings (SSSR count). The molecule has 0 radical (unpaired) electrons. The zero-order valence-corrected chi connectivity index (χ0v) is 13.8. The summed E-state index contributed by atoms with van der Waals surface area (Å²) >= 11 is 0. The van der Waals surface area contributed by atoms with Gasteiger partial charge in [0, 0.05) is 18.5 Å². The van der Waals surface area contributed by atoms with Crippen LogP contribution in [0.3, 0.4) is 0 Å². The summed E-state index contributed by atoms with van der Waals surface area (Å²) in [4.78, 5) is 26.3. The van der Waals surface area contributed by atoms with Crippen molar-refractivity contribution in [2.75, 3.05) is 18.4 Å². The molecule has 0 aromatic carbocycles. The number of rotatable bonds is 10. The van der Waals surface area contributed by atoms with Gasteiger partial charge in [0.1, 0.15) is 6.26 Å². The number of nitrogens with zero attached hydrogens (tertiary/aromatic N) is 2. The van der Waals surface area contributed by atoms with E-state index < -0.39 is 0 Å². The summed E-state index contributed by atoms with van der Waals surface area (Å²) in [6, 6.07) is 1.57. The largest absolute Gasteiger partial charge is 0.363 e. The van der Waals surface area contributed by atoms with Crippen LogP contribution in [0.2, 0.25) is 0 Å². The zero-order chi connectivity index (χ0) is 16.4. The van der Waals surface area contributed by atoms with E-state index in [2.05, 4.69) is 21.9 Å². The minimum absolute atomic E-state index is 0.00588. The maximum absolute atomic E-state index is 12.6. The maximum atomic E-state index is 12.6. The van der Waals surface area contributed by atoms with Crippen LogP contribution in [0, 0.1) is 5.92 Å².